The molecule has 26 heavy (non-hydrogen) atoms. The molecule has 1 aliphatic rings. The smallest absolute Gasteiger partial charge is 0.176 e. The summed E-state index contributed by atoms with van der Waals surface area (Å²) in [5.74, 6) is 3.14. The molecule has 0 amide bonds. The van der Waals surface area contributed by atoms with Crippen molar-refractivity contribution in [2.45, 2.75) is 32.6 Å². The molecule has 132 valence electrons. The van der Waals surface area contributed by atoms with Gasteiger partial charge in [0.1, 0.15) is 11.6 Å². The van der Waals surface area contributed by atoms with Gasteiger partial charge in [0.15, 0.2) is 11.5 Å². The first-order valence-corrected chi connectivity index (χ1v) is 9.08. The third-order valence-electron chi connectivity index (χ3n) is 5.09. The van der Waals surface area contributed by atoms with Crippen LogP contribution in [0.5, 0.6) is 0 Å². The summed E-state index contributed by atoms with van der Waals surface area (Å²) in [6.45, 7) is 5.90. The number of hydrogen-bond acceptors (Lipinski definition) is 5. The molecule has 1 aliphatic heterocycles. The normalized spacial score (nSPS) is 18.1. The zero-order valence-electron chi connectivity index (χ0n) is 15.0. The van der Waals surface area contributed by atoms with Gasteiger partial charge in [-0.25, -0.2) is 9.97 Å². The van der Waals surface area contributed by atoms with Crippen molar-refractivity contribution in [3.05, 3.63) is 47.5 Å². The molecule has 4 heterocycles. The first-order chi connectivity index (χ1) is 12.7. The van der Waals surface area contributed by atoms with Crippen LogP contribution in [0, 0.1) is 13.8 Å². The Balaban J connectivity index is 1.44. The number of benzene rings is 1. The standard InChI is InChI=1S/C19H21N7/c1-12-5-6-15-16(10-12)22-19(21-15)14-4-3-9-25(11-14)18-8-7-17-20-13(2)23-26(17)24-18/h5-8,10,14H,3-4,9,11H2,1-2H3,(H,21,22). The van der Waals surface area contributed by atoms with Crippen LogP contribution in [0.1, 0.15) is 36.0 Å². The first-order valence-electron chi connectivity index (χ1n) is 9.08. The average molecular weight is 347 g/mol. The maximum absolute atomic E-state index is 4.83. The number of H-pyrrole nitrogens is 1. The molecule has 7 heteroatoms. The number of fused-ring (bicyclic) bond motifs is 2. The molecule has 4 aromatic rings. The van der Waals surface area contributed by atoms with E-state index in [1.54, 1.807) is 4.63 Å². The summed E-state index contributed by atoms with van der Waals surface area (Å²) in [4.78, 5) is 15.0. The minimum absolute atomic E-state index is 0.381. The Morgan fingerprint density at radius 2 is 2.00 bits per heavy atom. The minimum atomic E-state index is 0.381. The van der Waals surface area contributed by atoms with E-state index in [1.165, 1.54) is 5.56 Å². The van der Waals surface area contributed by atoms with E-state index in [2.05, 4.69) is 50.2 Å². The highest BCUT2D eigenvalue weighted by Crippen LogP contribution is 2.29. The zero-order valence-corrected chi connectivity index (χ0v) is 15.0. The van der Waals surface area contributed by atoms with Crippen LogP contribution in [0.15, 0.2) is 30.3 Å². The minimum Gasteiger partial charge on any atom is -0.354 e. The van der Waals surface area contributed by atoms with Gasteiger partial charge in [-0.15, -0.1) is 14.8 Å². The van der Waals surface area contributed by atoms with Gasteiger partial charge in [0.2, 0.25) is 0 Å². The monoisotopic (exact) mass is 347 g/mol. The van der Waals surface area contributed by atoms with Crippen LogP contribution in [0.4, 0.5) is 5.82 Å². The van der Waals surface area contributed by atoms with Gasteiger partial charge in [-0.05, 0) is 56.5 Å². The molecule has 0 aliphatic carbocycles. The Kier molecular flexibility index (Phi) is 3.41. The average Bonchev–Trinajstić information content (AvgIpc) is 3.23. The third-order valence-corrected chi connectivity index (χ3v) is 5.09. The van der Waals surface area contributed by atoms with Crippen LogP contribution in [0.3, 0.4) is 0 Å². The second-order valence-electron chi connectivity index (χ2n) is 7.13. The van der Waals surface area contributed by atoms with Crippen LogP contribution >= 0.6 is 0 Å². The van der Waals surface area contributed by atoms with Gasteiger partial charge < -0.3 is 9.88 Å². The van der Waals surface area contributed by atoms with Gasteiger partial charge in [-0.3, -0.25) is 0 Å². The quantitative estimate of drug-likeness (QED) is 0.603. The summed E-state index contributed by atoms with van der Waals surface area (Å²) in [5, 5.41) is 8.97. The van der Waals surface area contributed by atoms with Crippen LogP contribution in [0.2, 0.25) is 0 Å². The largest absolute Gasteiger partial charge is 0.354 e. The molecule has 5 rings (SSSR count). The van der Waals surface area contributed by atoms with E-state index >= 15 is 0 Å². The molecule has 0 saturated carbocycles. The van der Waals surface area contributed by atoms with Crippen molar-refractivity contribution in [3.8, 4) is 0 Å². The van der Waals surface area contributed by atoms with Crippen molar-refractivity contribution in [1.29, 1.82) is 0 Å². The number of rotatable bonds is 2. The van der Waals surface area contributed by atoms with Crippen molar-refractivity contribution < 1.29 is 0 Å². The number of hydrogen-bond donors (Lipinski definition) is 1. The predicted octanol–water partition coefficient (Wildman–Crippen LogP) is 3.00. The Bertz CT molecular complexity index is 1090. The highest BCUT2D eigenvalue weighted by Gasteiger charge is 2.25. The number of nitrogens with zero attached hydrogens (tertiary/aromatic N) is 6. The lowest BCUT2D eigenvalue weighted by molar-refractivity contribution is 0.490. The molecule has 0 bridgehead atoms. The van der Waals surface area contributed by atoms with Crippen molar-refractivity contribution in [2.24, 2.45) is 0 Å². The molecule has 3 aromatic heterocycles. The summed E-state index contributed by atoms with van der Waals surface area (Å²) >= 11 is 0. The molecule has 1 aromatic carbocycles. The maximum Gasteiger partial charge on any atom is 0.176 e. The molecular formula is C19H21N7. The lowest BCUT2D eigenvalue weighted by atomic mass is 9.97. The van der Waals surface area contributed by atoms with Crippen LogP contribution in [-0.4, -0.2) is 42.9 Å². The SMILES string of the molecule is Cc1ccc2nc(C3CCCN(c4ccc5nc(C)nn5n4)C3)[nH]c2c1. The summed E-state index contributed by atoms with van der Waals surface area (Å²) in [7, 11) is 0. The fourth-order valence-corrected chi connectivity index (χ4v) is 3.79. The molecule has 1 unspecified atom stereocenters. The summed E-state index contributed by atoms with van der Waals surface area (Å²) < 4.78 is 1.62. The topological polar surface area (TPSA) is 75.0 Å². The molecule has 0 spiro atoms. The Morgan fingerprint density at radius 3 is 2.92 bits per heavy atom. The van der Waals surface area contributed by atoms with E-state index in [-0.39, 0.29) is 0 Å². The second-order valence-corrected chi connectivity index (χ2v) is 7.13. The number of aryl methyl sites for hydroxylation is 2. The van der Waals surface area contributed by atoms with Crippen LogP contribution in [-0.2, 0) is 0 Å². The van der Waals surface area contributed by atoms with Gasteiger partial charge in [0, 0.05) is 19.0 Å². The number of piperidine rings is 1. The second kappa shape index (κ2) is 5.79. The summed E-state index contributed by atoms with van der Waals surface area (Å²) in [6.07, 6.45) is 2.26. The molecule has 1 N–H and O–H groups in total. The Labute approximate surface area is 151 Å². The number of imidazole rings is 1. The maximum atomic E-state index is 4.83. The summed E-state index contributed by atoms with van der Waals surface area (Å²) in [6, 6.07) is 10.4. The predicted molar refractivity (Wildman–Crippen MR) is 101 cm³/mol. The third kappa shape index (κ3) is 2.60. The summed E-state index contributed by atoms with van der Waals surface area (Å²) in [5.41, 5.74) is 4.20. The van der Waals surface area contributed by atoms with E-state index in [0.29, 0.717) is 5.92 Å². The van der Waals surface area contributed by atoms with Gasteiger partial charge in [-0.1, -0.05) is 6.07 Å². The van der Waals surface area contributed by atoms with E-state index in [4.69, 9.17) is 4.98 Å². The number of aromatic amines is 1. The zero-order chi connectivity index (χ0) is 17.7. The van der Waals surface area contributed by atoms with Gasteiger partial charge in [-0.2, -0.15) is 0 Å². The highest BCUT2D eigenvalue weighted by molar-refractivity contribution is 5.76. The van der Waals surface area contributed by atoms with E-state index in [0.717, 1.165) is 60.1 Å². The van der Waals surface area contributed by atoms with E-state index in [9.17, 15) is 0 Å². The fourth-order valence-electron chi connectivity index (χ4n) is 3.79. The van der Waals surface area contributed by atoms with Crippen LogP contribution < -0.4 is 4.90 Å². The molecule has 1 fully saturated rings. The van der Waals surface area contributed by atoms with Crippen molar-refractivity contribution in [2.75, 3.05) is 18.0 Å². The number of nitrogens with one attached hydrogen (secondary N) is 1. The molecule has 1 saturated heterocycles. The molecular weight excluding hydrogens is 326 g/mol. The molecule has 0 radical (unpaired) electrons. The van der Waals surface area contributed by atoms with E-state index < -0.39 is 0 Å². The molecule has 7 nitrogen and oxygen atoms in total. The lowest BCUT2D eigenvalue weighted by Crippen LogP contribution is -2.35. The lowest BCUT2D eigenvalue weighted by Gasteiger charge is -2.32. The molecule has 1 atom stereocenters. The van der Waals surface area contributed by atoms with Crippen molar-refractivity contribution in [1.82, 2.24) is 29.8 Å². The van der Waals surface area contributed by atoms with Gasteiger partial charge in [0.25, 0.3) is 0 Å². The number of aromatic nitrogens is 6. The first kappa shape index (κ1) is 15.3. The number of anilines is 1. The van der Waals surface area contributed by atoms with Crippen molar-refractivity contribution in [3.63, 3.8) is 0 Å². The van der Waals surface area contributed by atoms with Gasteiger partial charge >= 0.3 is 0 Å². The van der Waals surface area contributed by atoms with Crippen LogP contribution in [0.25, 0.3) is 16.7 Å². The van der Waals surface area contributed by atoms with E-state index in [1.807, 2.05) is 19.1 Å². The highest BCUT2D eigenvalue weighted by atomic mass is 15.5. The fraction of sp³-hybridized carbons (Fsp3) is 0.368. The Hall–Kier alpha value is -2.96. The van der Waals surface area contributed by atoms with Gasteiger partial charge in [0.05, 0.1) is 11.0 Å². The van der Waals surface area contributed by atoms with Crippen molar-refractivity contribution >= 4 is 22.5 Å². The Morgan fingerprint density at radius 1 is 1.08 bits per heavy atom.